The maximum atomic E-state index is 5.30. The molecule has 1 aromatic carbocycles. The van der Waals surface area contributed by atoms with Gasteiger partial charge in [0.15, 0.2) is 5.11 Å². The fraction of sp³-hybridized carbons (Fsp3) is 0.500. The molecule has 4 heteroatoms. The number of nitrogens with zero attached hydrogens (tertiary/aromatic N) is 2. The molecular formula is C14H21N3S. The molecule has 1 unspecified atom stereocenters. The number of rotatable bonds is 1. The molecule has 1 aliphatic heterocycles. The molecular weight excluding hydrogens is 242 g/mol. The maximum Gasteiger partial charge on any atom is 0.168 e. The highest BCUT2D eigenvalue weighted by molar-refractivity contribution is 7.80. The normalized spacial score (nSPS) is 19.8. The van der Waals surface area contributed by atoms with E-state index < -0.39 is 0 Å². The smallest absolute Gasteiger partial charge is 0.168 e. The number of hydrogen-bond donors (Lipinski definition) is 1. The molecule has 1 heterocycles. The second kappa shape index (κ2) is 5.57. The van der Waals surface area contributed by atoms with Gasteiger partial charge in [0.05, 0.1) is 0 Å². The Morgan fingerprint density at radius 3 is 2.78 bits per heavy atom. The second-order valence-electron chi connectivity index (χ2n) is 4.88. The number of aryl methyl sites for hydroxylation is 1. The summed E-state index contributed by atoms with van der Waals surface area (Å²) in [6.45, 7) is 7.38. The molecule has 3 nitrogen and oxygen atoms in total. The minimum Gasteiger partial charge on any atom is -0.366 e. The van der Waals surface area contributed by atoms with Crippen molar-refractivity contribution in [3.63, 3.8) is 0 Å². The lowest BCUT2D eigenvalue weighted by Gasteiger charge is -2.42. The van der Waals surface area contributed by atoms with Crippen LogP contribution in [0.15, 0.2) is 24.3 Å². The van der Waals surface area contributed by atoms with Crippen LogP contribution in [0, 0.1) is 6.92 Å². The van der Waals surface area contributed by atoms with E-state index in [1.165, 1.54) is 11.3 Å². The molecule has 1 aliphatic rings. The first kappa shape index (κ1) is 13.1. The zero-order chi connectivity index (χ0) is 13.1. The van der Waals surface area contributed by atoms with Crippen molar-refractivity contribution in [3.8, 4) is 0 Å². The first-order chi connectivity index (χ1) is 8.61. The van der Waals surface area contributed by atoms with Gasteiger partial charge in [0.1, 0.15) is 0 Å². The first-order valence-corrected chi connectivity index (χ1v) is 6.82. The van der Waals surface area contributed by atoms with Gasteiger partial charge in [0, 0.05) is 38.4 Å². The van der Waals surface area contributed by atoms with Gasteiger partial charge in [-0.3, -0.25) is 0 Å². The van der Waals surface area contributed by atoms with Crippen LogP contribution in [0.3, 0.4) is 0 Å². The number of thiocarbonyl (C=S) groups is 1. The monoisotopic (exact) mass is 263 g/mol. The fourth-order valence-corrected chi connectivity index (χ4v) is 2.66. The quantitative estimate of drug-likeness (QED) is 0.781. The Kier molecular flexibility index (Phi) is 4.07. The lowest BCUT2D eigenvalue weighted by molar-refractivity contribution is 0.336. The number of hydrogen-bond acceptors (Lipinski definition) is 2. The molecule has 0 aliphatic carbocycles. The average Bonchev–Trinajstić information content (AvgIpc) is 2.37. The van der Waals surface area contributed by atoms with Crippen molar-refractivity contribution in [1.29, 1.82) is 0 Å². The van der Waals surface area contributed by atoms with Crippen molar-refractivity contribution in [2.75, 3.05) is 31.6 Å². The van der Waals surface area contributed by atoms with E-state index in [1.54, 1.807) is 0 Å². The summed E-state index contributed by atoms with van der Waals surface area (Å²) >= 11 is 5.30. The Labute approximate surface area is 115 Å². The number of piperazine rings is 1. The summed E-state index contributed by atoms with van der Waals surface area (Å²) < 4.78 is 0. The summed E-state index contributed by atoms with van der Waals surface area (Å²) in [6, 6.07) is 9.19. The van der Waals surface area contributed by atoms with Crippen LogP contribution in [-0.4, -0.2) is 42.7 Å². The van der Waals surface area contributed by atoms with Crippen LogP contribution in [0.4, 0.5) is 5.69 Å². The molecule has 0 saturated carbocycles. The lowest BCUT2D eigenvalue weighted by atomic mass is 10.1. The SMILES string of the molecule is CNC(=S)N1CCN(c2cccc(C)c2)C(C)C1. The Bertz CT molecular complexity index is 433. The molecule has 0 aromatic heterocycles. The van der Waals surface area contributed by atoms with Crippen molar-refractivity contribution >= 4 is 23.0 Å². The Morgan fingerprint density at radius 1 is 1.39 bits per heavy atom. The van der Waals surface area contributed by atoms with Gasteiger partial charge < -0.3 is 15.1 Å². The molecule has 0 radical (unpaired) electrons. The predicted octanol–water partition coefficient (Wildman–Crippen LogP) is 2.01. The summed E-state index contributed by atoms with van der Waals surface area (Å²) in [5.41, 5.74) is 2.63. The van der Waals surface area contributed by atoms with Gasteiger partial charge in [-0.2, -0.15) is 0 Å². The van der Waals surface area contributed by atoms with Crippen LogP contribution in [0.25, 0.3) is 0 Å². The Balaban J connectivity index is 2.08. The highest BCUT2D eigenvalue weighted by Crippen LogP contribution is 2.21. The Morgan fingerprint density at radius 2 is 2.17 bits per heavy atom. The number of benzene rings is 1. The van der Waals surface area contributed by atoms with Crippen LogP contribution < -0.4 is 10.2 Å². The summed E-state index contributed by atoms with van der Waals surface area (Å²) in [6.07, 6.45) is 0. The summed E-state index contributed by atoms with van der Waals surface area (Å²) in [5, 5.41) is 3.91. The zero-order valence-corrected chi connectivity index (χ0v) is 12.1. The maximum absolute atomic E-state index is 5.30. The number of nitrogens with one attached hydrogen (secondary N) is 1. The lowest BCUT2D eigenvalue weighted by Crippen LogP contribution is -2.55. The van der Waals surface area contributed by atoms with Gasteiger partial charge in [0.25, 0.3) is 0 Å². The molecule has 98 valence electrons. The van der Waals surface area contributed by atoms with Crippen LogP contribution in [0.2, 0.25) is 0 Å². The third kappa shape index (κ3) is 2.75. The van der Waals surface area contributed by atoms with Crippen LogP contribution in [0.5, 0.6) is 0 Å². The fourth-order valence-electron chi connectivity index (χ4n) is 2.49. The van der Waals surface area contributed by atoms with Gasteiger partial charge in [0.2, 0.25) is 0 Å². The minimum atomic E-state index is 0.479. The molecule has 2 rings (SSSR count). The van der Waals surface area contributed by atoms with Crippen molar-refractivity contribution in [3.05, 3.63) is 29.8 Å². The van der Waals surface area contributed by atoms with Crippen LogP contribution >= 0.6 is 12.2 Å². The standard InChI is InChI=1S/C14H21N3S/c1-11-5-4-6-13(9-11)17-8-7-16(10-12(17)2)14(18)15-3/h4-6,9,12H,7-8,10H2,1-3H3,(H,15,18). The molecule has 1 aromatic rings. The highest BCUT2D eigenvalue weighted by atomic mass is 32.1. The van der Waals surface area contributed by atoms with Gasteiger partial charge in [-0.15, -0.1) is 0 Å². The average molecular weight is 263 g/mol. The van der Waals surface area contributed by atoms with E-state index in [-0.39, 0.29) is 0 Å². The number of anilines is 1. The van der Waals surface area contributed by atoms with E-state index in [4.69, 9.17) is 12.2 Å². The highest BCUT2D eigenvalue weighted by Gasteiger charge is 2.24. The molecule has 0 amide bonds. The van der Waals surface area contributed by atoms with E-state index in [9.17, 15) is 0 Å². The van der Waals surface area contributed by atoms with Crippen molar-refractivity contribution < 1.29 is 0 Å². The molecule has 18 heavy (non-hydrogen) atoms. The minimum absolute atomic E-state index is 0.479. The van der Waals surface area contributed by atoms with E-state index in [0.717, 1.165) is 24.7 Å². The van der Waals surface area contributed by atoms with Crippen LogP contribution in [-0.2, 0) is 0 Å². The predicted molar refractivity (Wildman–Crippen MR) is 81.2 cm³/mol. The van der Waals surface area contributed by atoms with E-state index in [0.29, 0.717) is 6.04 Å². The first-order valence-electron chi connectivity index (χ1n) is 6.42. The van der Waals surface area contributed by atoms with E-state index >= 15 is 0 Å². The zero-order valence-electron chi connectivity index (χ0n) is 11.3. The van der Waals surface area contributed by atoms with E-state index in [1.807, 2.05) is 7.05 Å². The molecule has 0 spiro atoms. The molecule has 1 N–H and O–H groups in total. The molecule has 1 atom stereocenters. The van der Waals surface area contributed by atoms with Gasteiger partial charge in [-0.25, -0.2) is 0 Å². The van der Waals surface area contributed by atoms with Gasteiger partial charge >= 0.3 is 0 Å². The third-order valence-corrected chi connectivity index (χ3v) is 3.92. The van der Waals surface area contributed by atoms with Gasteiger partial charge in [-0.05, 0) is 43.8 Å². The molecule has 1 fully saturated rings. The van der Waals surface area contributed by atoms with Gasteiger partial charge in [-0.1, -0.05) is 12.1 Å². The third-order valence-electron chi connectivity index (χ3n) is 3.46. The van der Waals surface area contributed by atoms with E-state index in [2.05, 4.69) is 53.2 Å². The van der Waals surface area contributed by atoms with Crippen molar-refractivity contribution in [2.24, 2.45) is 0 Å². The largest absolute Gasteiger partial charge is 0.366 e. The Hall–Kier alpha value is -1.29. The summed E-state index contributed by atoms with van der Waals surface area (Å²) in [7, 11) is 1.89. The second-order valence-corrected chi connectivity index (χ2v) is 5.27. The molecule has 1 saturated heterocycles. The summed E-state index contributed by atoms with van der Waals surface area (Å²) in [5.74, 6) is 0. The topological polar surface area (TPSA) is 18.5 Å². The van der Waals surface area contributed by atoms with Crippen LogP contribution in [0.1, 0.15) is 12.5 Å². The molecule has 0 bridgehead atoms. The van der Waals surface area contributed by atoms with Crippen molar-refractivity contribution in [2.45, 2.75) is 19.9 Å². The van der Waals surface area contributed by atoms with Crippen molar-refractivity contribution in [1.82, 2.24) is 10.2 Å². The summed E-state index contributed by atoms with van der Waals surface area (Å²) in [4.78, 5) is 4.70.